The van der Waals surface area contributed by atoms with Crippen LogP contribution in [0.2, 0.25) is 0 Å². The molecule has 3 atom stereocenters. The zero-order valence-electron chi connectivity index (χ0n) is 19.1. The van der Waals surface area contributed by atoms with Crippen LogP contribution in [-0.2, 0) is 15.0 Å². The predicted octanol–water partition coefficient (Wildman–Crippen LogP) is 4.25. The van der Waals surface area contributed by atoms with Gasteiger partial charge in [-0.2, -0.15) is 0 Å². The van der Waals surface area contributed by atoms with Crippen molar-refractivity contribution in [1.82, 2.24) is 10.3 Å². The Balaban J connectivity index is 1.47. The Hall–Kier alpha value is -3.57. The molecule has 0 spiro atoms. The molecular formula is C25H21F2N3O5S. The van der Waals surface area contributed by atoms with Gasteiger partial charge in [0.15, 0.2) is 10.9 Å². The largest absolute Gasteiger partial charge is 0.464 e. The summed E-state index contributed by atoms with van der Waals surface area (Å²) < 4.78 is 44.9. The Morgan fingerprint density at radius 2 is 2.00 bits per heavy atom. The highest BCUT2D eigenvalue weighted by atomic mass is 32.2. The van der Waals surface area contributed by atoms with Gasteiger partial charge in [0.2, 0.25) is 5.89 Å². The van der Waals surface area contributed by atoms with Crippen LogP contribution in [0.15, 0.2) is 64.2 Å². The number of rotatable bonds is 4. The highest BCUT2D eigenvalue weighted by Gasteiger charge is 2.51. The van der Waals surface area contributed by atoms with E-state index >= 15 is 4.39 Å². The highest BCUT2D eigenvalue weighted by Crippen LogP contribution is 2.49. The van der Waals surface area contributed by atoms with Crippen molar-refractivity contribution < 1.29 is 32.3 Å². The van der Waals surface area contributed by atoms with E-state index in [1.807, 2.05) is 0 Å². The Kier molecular flexibility index (Phi) is 6.59. The molecular weight excluding hydrogens is 492 g/mol. The van der Waals surface area contributed by atoms with Crippen molar-refractivity contribution >= 4 is 28.8 Å². The van der Waals surface area contributed by atoms with Crippen molar-refractivity contribution in [3.8, 4) is 0 Å². The summed E-state index contributed by atoms with van der Waals surface area (Å²) in [5, 5.41) is 3.11. The van der Waals surface area contributed by atoms with Gasteiger partial charge in [0.1, 0.15) is 29.5 Å². The zero-order valence-corrected chi connectivity index (χ0v) is 19.9. The first-order valence-corrected chi connectivity index (χ1v) is 12.1. The van der Waals surface area contributed by atoms with Crippen molar-refractivity contribution in [2.24, 2.45) is 10.9 Å². The second-order valence-corrected chi connectivity index (χ2v) is 9.40. The highest BCUT2D eigenvalue weighted by molar-refractivity contribution is 8.13. The summed E-state index contributed by atoms with van der Waals surface area (Å²) in [4.78, 5) is 33.4. The van der Waals surface area contributed by atoms with Crippen LogP contribution in [0.3, 0.4) is 0 Å². The number of ether oxygens (including phenoxy) is 2. The number of esters is 1. The molecule has 2 aliphatic heterocycles. The summed E-state index contributed by atoms with van der Waals surface area (Å²) in [6, 6.07) is 12.0. The standard InChI is InChI=1S/C25H21F2N3O5S/c1-33-23(32)19-11-34-22(28-19)20-9-15-12-36-24(29-21(31)14-5-3-2-4-6-14)30-25(15,13-35-20)17-8-7-16(26)10-18(17)27/h2-8,10-11,15,20H,9,12-13H2,1H3,(H,29,30,31). The van der Waals surface area contributed by atoms with E-state index in [1.54, 1.807) is 30.3 Å². The van der Waals surface area contributed by atoms with Gasteiger partial charge in [0, 0.05) is 28.9 Å². The van der Waals surface area contributed by atoms with Crippen LogP contribution in [0, 0.1) is 17.6 Å². The fourth-order valence-corrected chi connectivity index (χ4v) is 5.58. The second kappa shape index (κ2) is 9.82. The molecule has 0 saturated carbocycles. The van der Waals surface area contributed by atoms with Crippen molar-refractivity contribution in [2.45, 2.75) is 18.1 Å². The average molecular weight is 514 g/mol. The molecule has 2 aromatic carbocycles. The minimum absolute atomic E-state index is 0.0134. The van der Waals surface area contributed by atoms with E-state index < -0.39 is 29.2 Å². The summed E-state index contributed by atoms with van der Waals surface area (Å²) in [7, 11) is 1.24. The molecule has 3 aromatic rings. The van der Waals surface area contributed by atoms with Crippen molar-refractivity contribution in [3.05, 3.63) is 89.1 Å². The fraction of sp³-hybridized carbons (Fsp3) is 0.280. The lowest BCUT2D eigenvalue weighted by atomic mass is 9.75. The smallest absolute Gasteiger partial charge is 0.360 e. The molecule has 3 unspecified atom stereocenters. The third-order valence-electron chi connectivity index (χ3n) is 6.25. The number of nitrogens with zero attached hydrogens (tertiary/aromatic N) is 2. The number of methoxy groups -OCH3 is 1. The van der Waals surface area contributed by atoms with E-state index in [2.05, 4.69) is 15.0 Å². The van der Waals surface area contributed by atoms with Gasteiger partial charge in [-0.25, -0.2) is 23.6 Å². The summed E-state index contributed by atoms with van der Waals surface area (Å²) in [5.41, 5.74) is -0.576. The maximum absolute atomic E-state index is 15.1. The molecule has 0 radical (unpaired) electrons. The molecule has 1 amide bonds. The molecule has 8 nitrogen and oxygen atoms in total. The average Bonchev–Trinajstić information content (AvgIpc) is 3.38. The molecule has 0 aliphatic carbocycles. The lowest BCUT2D eigenvalue weighted by Crippen LogP contribution is -2.49. The monoisotopic (exact) mass is 513 g/mol. The van der Waals surface area contributed by atoms with E-state index in [-0.39, 0.29) is 35.6 Å². The van der Waals surface area contributed by atoms with E-state index in [0.29, 0.717) is 22.9 Å². The SMILES string of the molecule is COC(=O)c1coc(C2CC3CSC(NC(=O)c4ccccc4)=NC3(c3ccc(F)cc3F)CO2)n1. The molecule has 36 heavy (non-hydrogen) atoms. The number of aliphatic imine (C=N–C) groups is 1. The van der Waals surface area contributed by atoms with Gasteiger partial charge in [-0.05, 0) is 24.6 Å². The number of oxazole rings is 1. The summed E-state index contributed by atoms with van der Waals surface area (Å²) >= 11 is 1.33. The number of benzene rings is 2. The van der Waals surface area contributed by atoms with Crippen molar-refractivity contribution in [1.29, 1.82) is 0 Å². The number of halogens is 2. The van der Waals surface area contributed by atoms with Gasteiger partial charge in [-0.15, -0.1) is 0 Å². The quantitative estimate of drug-likeness (QED) is 0.521. The van der Waals surface area contributed by atoms with Gasteiger partial charge in [0.05, 0.1) is 13.7 Å². The van der Waals surface area contributed by atoms with Gasteiger partial charge in [-0.1, -0.05) is 36.0 Å². The molecule has 1 saturated heterocycles. The van der Waals surface area contributed by atoms with Crippen LogP contribution in [-0.4, -0.2) is 41.5 Å². The lowest BCUT2D eigenvalue weighted by Gasteiger charge is -2.46. The van der Waals surface area contributed by atoms with Crippen LogP contribution >= 0.6 is 11.8 Å². The van der Waals surface area contributed by atoms with E-state index in [9.17, 15) is 14.0 Å². The molecule has 0 bridgehead atoms. The summed E-state index contributed by atoms with van der Waals surface area (Å²) in [5.74, 6) is -2.06. The van der Waals surface area contributed by atoms with E-state index in [1.165, 1.54) is 37.3 Å². The third-order valence-corrected chi connectivity index (χ3v) is 7.28. The third kappa shape index (κ3) is 4.51. The predicted molar refractivity (Wildman–Crippen MR) is 126 cm³/mol. The lowest BCUT2D eigenvalue weighted by molar-refractivity contribution is -0.0698. The first-order chi connectivity index (χ1) is 17.4. The molecule has 11 heteroatoms. The first-order valence-electron chi connectivity index (χ1n) is 11.1. The number of amidine groups is 1. The molecule has 186 valence electrons. The van der Waals surface area contributed by atoms with Crippen LogP contribution in [0.4, 0.5) is 8.78 Å². The van der Waals surface area contributed by atoms with Crippen molar-refractivity contribution in [2.75, 3.05) is 19.5 Å². The summed E-state index contributed by atoms with van der Waals surface area (Å²) in [6.07, 6.45) is 0.923. The number of carbonyl (C=O) groups is 2. The van der Waals surface area contributed by atoms with Gasteiger partial charge in [-0.3, -0.25) is 4.79 Å². The maximum Gasteiger partial charge on any atom is 0.360 e. The Bertz CT molecular complexity index is 1330. The van der Waals surface area contributed by atoms with Gasteiger partial charge < -0.3 is 19.2 Å². The molecule has 5 rings (SSSR count). The number of nitrogens with one attached hydrogen (secondary N) is 1. The zero-order chi connectivity index (χ0) is 25.3. The van der Waals surface area contributed by atoms with Gasteiger partial charge in [0.25, 0.3) is 5.91 Å². The summed E-state index contributed by atoms with van der Waals surface area (Å²) in [6.45, 7) is -0.0773. The topological polar surface area (TPSA) is 103 Å². The maximum atomic E-state index is 15.1. The number of aromatic nitrogens is 1. The number of fused-ring (bicyclic) bond motifs is 1. The molecule has 1 fully saturated rings. The first kappa shape index (κ1) is 24.1. The van der Waals surface area contributed by atoms with Crippen molar-refractivity contribution in [3.63, 3.8) is 0 Å². The Labute approximate surface area is 209 Å². The number of thioether (sulfide) groups is 1. The van der Waals surface area contributed by atoms with Crippen LogP contribution < -0.4 is 5.32 Å². The Morgan fingerprint density at radius 1 is 1.19 bits per heavy atom. The number of carbonyl (C=O) groups excluding carboxylic acids is 2. The second-order valence-electron chi connectivity index (χ2n) is 8.39. The van der Waals surface area contributed by atoms with Crippen LogP contribution in [0.25, 0.3) is 0 Å². The minimum Gasteiger partial charge on any atom is -0.464 e. The van der Waals surface area contributed by atoms with E-state index in [4.69, 9.17) is 14.1 Å². The number of hydrogen-bond acceptors (Lipinski definition) is 8. The Morgan fingerprint density at radius 3 is 2.75 bits per heavy atom. The fourth-order valence-electron chi connectivity index (χ4n) is 4.42. The molecule has 1 N–H and O–H groups in total. The minimum atomic E-state index is -1.21. The molecule has 2 aliphatic rings. The van der Waals surface area contributed by atoms with Gasteiger partial charge >= 0.3 is 5.97 Å². The van der Waals surface area contributed by atoms with E-state index in [0.717, 1.165) is 6.07 Å². The number of amides is 1. The normalized spacial score (nSPS) is 23.4. The molecule has 1 aromatic heterocycles. The molecule has 3 heterocycles. The van der Waals surface area contributed by atoms with Crippen LogP contribution in [0.1, 0.15) is 44.8 Å². The number of hydrogen-bond donors (Lipinski definition) is 1. The van der Waals surface area contributed by atoms with Crippen LogP contribution in [0.5, 0.6) is 0 Å².